The predicted molar refractivity (Wildman–Crippen MR) is 81.9 cm³/mol. The molecular weight excluding hydrogens is 313 g/mol. The van der Waals surface area contributed by atoms with Crippen LogP contribution in [0.25, 0.3) is 0 Å². The molecule has 2 unspecified atom stereocenters. The van der Waals surface area contributed by atoms with Gasteiger partial charge in [-0.1, -0.05) is 20.4 Å². The van der Waals surface area contributed by atoms with Gasteiger partial charge in [0.2, 0.25) is 0 Å². The number of aliphatic hydroxyl groups is 1. The van der Waals surface area contributed by atoms with E-state index in [1.807, 2.05) is 6.92 Å². The van der Waals surface area contributed by atoms with Crippen LogP contribution >= 0.6 is 0 Å². The van der Waals surface area contributed by atoms with Gasteiger partial charge in [0.15, 0.2) is 5.60 Å². The van der Waals surface area contributed by atoms with E-state index in [2.05, 4.69) is 6.58 Å². The quantitative estimate of drug-likeness (QED) is 0.587. The maximum absolute atomic E-state index is 12.6. The largest absolute Gasteiger partial charge is 0.456 e. The maximum Gasteiger partial charge on any atom is 0.417 e. The van der Waals surface area contributed by atoms with Crippen LogP contribution in [0.1, 0.15) is 60.8 Å². The minimum atomic E-state index is -4.78. The van der Waals surface area contributed by atoms with Crippen molar-refractivity contribution in [3.8, 4) is 0 Å². The Bertz CT molecular complexity index is 428. The van der Waals surface area contributed by atoms with Crippen molar-refractivity contribution < 1.29 is 32.6 Å². The minimum absolute atomic E-state index is 0.0985. The second-order valence-electron chi connectivity index (χ2n) is 5.98. The van der Waals surface area contributed by atoms with E-state index >= 15 is 0 Å². The highest BCUT2D eigenvalue weighted by atomic mass is 19.4. The Morgan fingerprint density at radius 1 is 1.13 bits per heavy atom. The summed E-state index contributed by atoms with van der Waals surface area (Å²) in [6.45, 7) is 11.8. The topological polar surface area (TPSA) is 63.6 Å². The van der Waals surface area contributed by atoms with Gasteiger partial charge in [-0.2, -0.15) is 13.2 Å². The summed E-state index contributed by atoms with van der Waals surface area (Å²) in [6.07, 6.45) is -4.68. The Morgan fingerprint density at radius 2 is 1.52 bits per heavy atom. The molecule has 4 nitrogen and oxygen atoms in total. The van der Waals surface area contributed by atoms with Crippen LogP contribution in [0.5, 0.6) is 0 Å². The molecule has 0 aromatic heterocycles. The SMILES string of the molecule is C=C(C)C(=O)OC(C)(CC)CC(C)(O)C(F)(F)F.CCC(C)=O. The number of esters is 1. The zero-order valence-electron chi connectivity index (χ0n) is 14.6. The van der Waals surface area contributed by atoms with Gasteiger partial charge in [0, 0.05) is 18.4 Å². The fourth-order valence-electron chi connectivity index (χ4n) is 1.37. The van der Waals surface area contributed by atoms with Crippen LogP contribution in [-0.4, -0.2) is 34.2 Å². The van der Waals surface area contributed by atoms with Gasteiger partial charge in [-0.15, -0.1) is 0 Å². The molecule has 0 amide bonds. The fourth-order valence-corrected chi connectivity index (χ4v) is 1.37. The number of hydrogen-bond acceptors (Lipinski definition) is 4. The van der Waals surface area contributed by atoms with Crippen LogP contribution in [0, 0.1) is 0 Å². The zero-order chi connectivity index (χ0) is 19.1. The maximum atomic E-state index is 12.6. The van der Waals surface area contributed by atoms with E-state index in [-0.39, 0.29) is 17.8 Å². The molecule has 0 aromatic rings. The van der Waals surface area contributed by atoms with Crippen molar-refractivity contribution in [1.29, 1.82) is 0 Å². The van der Waals surface area contributed by atoms with Crippen LogP contribution in [0.3, 0.4) is 0 Å². The molecule has 1 N–H and O–H groups in total. The lowest BCUT2D eigenvalue weighted by molar-refractivity contribution is -0.268. The number of halogens is 3. The predicted octanol–water partition coefficient (Wildman–Crippen LogP) is 3.96. The smallest absolute Gasteiger partial charge is 0.417 e. The molecule has 136 valence electrons. The molecule has 0 spiro atoms. The molecule has 0 saturated heterocycles. The highest BCUT2D eigenvalue weighted by molar-refractivity contribution is 5.87. The van der Waals surface area contributed by atoms with E-state index in [1.165, 1.54) is 13.8 Å². The first-order chi connectivity index (χ1) is 10.1. The van der Waals surface area contributed by atoms with E-state index in [1.54, 1.807) is 13.8 Å². The number of rotatable bonds is 6. The Kier molecular flexibility index (Phi) is 9.41. The number of alkyl halides is 3. The summed E-state index contributed by atoms with van der Waals surface area (Å²) in [5.41, 5.74) is -4.20. The van der Waals surface area contributed by atoms with Gasteiger partial charge in [-0.25, -0.2) is 4.79 Å². The second kappa shape index (κ2) is 9.05. The van der Waals surface area contributed by atoms with Crippen molar-refractivity contribution in [2.45, 2.75) is 78.2 Å². The van der Waals surface area contributed by atoms with Crippen molar-refractivity contribution in [2.75, 3.05) is 0 Å². The van der Waals surface area contributed by atoms with Gasteiger partial charge < -0.3 is 14.6 Å². The molecule has 0 bridgehead atoms. The summed E-state index contributed by atoms with van der Waals surface area (Å²) in [6, 6.07) is 0. The molecule has 0 rings (SSSR count). The van der Waals surface area contributed by atoms with Crippen LogP contribution in [0.4, 0.5) is 13.2 Å². The highest BCUT2D eigenvalue weighted by Gasteiger charge is 2.53. The van der Waals surface area contributed by atoms with Crippen molar-refractivity contribution in [2.24, 2.45) is 0 Å². The Morgan fingerprint density at radius 3 is 1.74 bits per heavy atom. The van der Waals surface area contributed by atoms with E-state index in [0.717, 1.165) is 0 Å². The van der Waals surface area contributed by atoms with Crippen molar-refractivity contribution in [1.82, 2.24) is 0 Å². The summed E-state index contributed by atoms with van der Waals surface area (Å²) in [5, 5.41) is 9.43. The van der Waals surface area contributed by atoms with Crippen LogP contribution in [0.15, 0.2) is 12.2 Å². The molecular formula is C16H27F3O4. The van der Waals surface area contributed by atoms with Gasteiger partial charge in [0.1, 0.15) is 11.4 Å². The van der Waals surface area contributed by atoms with E-state index < -0.39 is 29.8 Å². The minimum Gasteiger partial charge on any atom is -0.456 e. The van der Waals surface area contributed by atoms with Crippen molar-refractivity contribution >= 4 is 11.8 Å². The third-order valence-electron chi connectivity index (χ3n) is 3.26. The first kappa shape index (κ1) is 23.9. The molecule has 23 heavy (non-hydrogen) atoms. The van der Waals surface area contributed by atoms with Gasteiger partial charge >= 0.3 is 12.1 Å². The molecule has 0 radical (unpaired) electrons. The Balaban J connectivity index is 0. The highest BCUT2D eigenvalue weighted by Crippen LogP contribution is 2.38. The third kappa shape index (κ3) is 9.38. The first-order valence-electron chi connectivity index (χ1n) is 7.29. The van der Waals surface area contributed by atoms with Crippen molar-refractivity contribution in [3.63, 3.8) is 0 Å². The summed E-state index contributed by atoms with van der Waals surface area (Å²) >= 11 is 0. The molecule has 0 heterocycles. The van der Waals surface area contributed by atoms with Gasteiger partial charge in [-0.3, -0.25) is 0 Å². The summed E-state index contributed by atoms with van der Waals surface area (Å²) in [5.74, 6) is -0.512. The Labute approximate surface area is 135 Å². The van der Waals surface area contributed by atoms with Crippen LogP contribution in [-0.2, 0) is 14.3 Å². The monoisotopic (exact) mass is 340 g/mol. The molecule has 0 aliphatic rings. The van der Waals surface area contributed by atoms with E-state index in [0.29, 0.717) is 13.3 Å². The molecule has 0 aromatic carbocycles. The average Bonchev–Trinajstić information content (AvgIpc) is 2.37. The molecule has 2 atom stereocenters. The zero-order valence-corrected chi connectivity index (χ0v) is 14.6. The van der Waals surface area contributed by atoms with Crippen LogP contribution in [0.2, 0.25) is 0 Å². The molecule has 0 saturated carbocycles. The number of carbonyl (C=O) groups excluding carboxylic acids is 2. The summed E-state index contributed by atoms with van der Waals surface area (Å²) in [7, 11) is 0. The standard InChI is InChI=1S/C12H19F3O3.C4H8O/c1-6-10(4,18-9(16)8(2)3)7-11(5,17)12(13,14)15;1-3-4(2)5/h17H,2,6-7H2,1,3-5H3;3H2,1-2H3. The molecule has 0 aliphatic heterocycles. The number of hydrogen-bond donors (Lipinski definition) is 1. The summed E-state index contributed by atoms with van der Waals surface area (Å²) in [4.78, 5) is 21.2. The number of ether oxygens (including phenoxy) is 1. The molecule has 7 heteroatoms. The molecule has 0 aliphatic carbocycles. The number of carbonyl (C=O) groups is 2. The first-order valence-corrected chi connectivity index (χ1v) is 7.29. The third-order valence-corrected chi connectivity index (χ3v) is 3.26. The number of ketones is 1. The van der Waals surface area contributed by atoms with Gasteiger partial charge in [-0.05, 0) is 34.1 Å². The second-order valence-corrected chi connectivity index (χ2v) is 5.98. The lowest BCUT2D eigenvalue weighted by Crippen LogP contribution is -2.49. The molecule has 0 fully saturated rings. The summed E-state index contributed by atoms with van der Waals surface area (Å²) < 4.78 is 42.7. The van der Waals surface area contributed by atoms with Gasteiger partial charge in [0.05, 0.1) is 0 Å². The fraction of sp³-hybridized carbons (Fsp3) is 0.750. The van der Waals surface area contributed by atoms with E-state index in [4.69, 9.17) is 4.74 Å². The lowest BCUT2D eigenvalue weighted by Gasteiger charge is -2.36. The average molecular weight is 340 g/mol. The van der Waals surface area contributed by atoms with Gasteiger partial charge in [0.25, 0.3) is 0 Å². The van der Waals surface area contributed by atoms with E-state index in [9.17, 15) is 27.9 Å². The lowest BCUT2D eigenvalue weighted by atomic mass is 9.87. The normalized spacial score (nSPS) is 16.3. The Hall–Kier alpha value is -1.37. The number of Topliss-reactive ketones (excluding diaryl/α,β-unsaturated/α-hetero) is 1. The van der Waals surface area contributed by atoms with Crippen molar-refractivity contribution in [3.05, 3.63) is 12.2 Å². The van der Waals surface area contributed by atoms with Crippen LogP contribution < -0.4 is 0 Å².